The zero-order valence-corrected chi connectivity index (χ0v) is 11.3. The van der Waals surface area contributed by atoms with E-state index in [0.717, 1.165) is 17.0 Å². The van der Waals surface area contributed by atoms with Crippen LogP contribution < -0.4 is 10.5 Å². The zero-order chi connectivity index (χ0) is 14.3. The maximum atomic E-state index is 12.3. The molecule has 1 aromatic rings. The molecule has 3 nitrogen and oxygen atoms in total. The summed E-state index contributed by atoms with van der Waals surface area (Å²) in [6, 6.07) is 7.44. The number of aliphatic imine (C=N–C) groups is 1. The maximum absolute atomic E-state index is 12.3. The first kappa shape index (κ1) is 15.1. The molecule has 0 amide bonds. The molecule has 4 heteroatoms. The highest BCUT2D eigenvalue weighted by molar-refractivity contribution is 5.99. The molecule has 0 aromatic heterocycles. The molecule has 0 saturated carbocycles. The van der Waals surface area contributed by atoms with Crippen LogP contribution in [0.4, 0.5) is 4.39 Å². The van der Waals surface area contributed by atoms with Crippen molar-refractivity contribution in [2.75, 3.05) is 13.2 Å². The standard InChI is InChI=1S/C15H19FN2O/c1-11(2)18-12(3)14-4-6-15(7-5-14)19-10-13(8-16)9-17/h4-8H,1,9-10,17H2,2-3H3/b13-8+,18-12?. The lowest BCUT2D eigenvalue weighted by atomic mass is 10.1. The van der Waals surface area contributed by atoms with Gasteiger partial charge in [-0.1, -0.05) is 6.58 Å². The van der Waals surface area contributed by atoms with Crippen LogP contribution in [-0.4, -0.2) is 18.9 Å². The summed E-state index contributed by atoms with van der Waals surface area (Å²) in [5.41, 5.74) is 8.42. The van der Waals surface area contributed by atoms with Gasteiger partial charge in [0.2, 0.25) is 0 Å². The minimum atomic E-state index is 0.152. The highest BCUT2D eigenvalue weighted by atomic mass is 19.1. The van der Waals surface area contributed by atoms with E-state index >= 15 is 0 Å². The average Bonchev–Trinajstić information content (AvgIpc) is 2.39. The molecule has 0 saturated heterocycles. The van der Waals surface area contributed by atoms with Crippen molar-refractivity contribution in [3.05, 3.63) is 54.0 Å². The summed E-state index contributed by atoms with van der Waals surface area (Å²) < 4.78 is 17.7. The highest BCUT2D eigenvalue weighted by Gasteiger charge is 2.00. The Morgan fingerprint density at radius 3 is 2.47 bits per heavy atom. The van der Waals surface area contributed by atoms with Gasteiger partial charge < -0.3 is 10.5 Å². The Bertz CT molecular complexity index is 489. The Morgan fingerprint density at radius 2 is 2.00 bits per heavy atom. The number of benzene rings is 1. The van der Waals surface area contributed by atoms with Crippen LogP contribution in [0.15, 0.2) is 53.4 Å². The fourth-order valence-electron chi connectivity index (χ4n) is 1.45. The van der Waals surface area contributed by atoms with E-state index in [-0.39, 0.29) is 13.2 Å². The van der Waals surface area contributed by atoms with Crippen LogP contribution in [0, 0.1) is 0 Å². The minimum Gasteiger partial charge on any atom is -0.489 e. The van der Waals surface area contributed by atoms with E-state index in [9.17, 15) is 4.39 Å². The largest absolute Gasteiger partial charge is 0.489 e. The van der Waals surface area contributed by atoms with Crippen molar-refractivity contribution in [3.8, 4) is 5.75 Å². The lowest BCUT2D eigenvalue weighted by Crippen LogP contribution is -2.10. The molecule has 0 aliphatic heterocycles. The fraction of sp³-hybridized carbons (Fsp3) is 0.267. The summed E-state index contributed by atoms with van der Waals surface area (Å²) in [5.74, 6) is 0.666. The molecule has 0 radical (unpaired) electrons. The van der Waals surface area contributed by atoms with E-state index in [1.165, 1.54) is 0 Å². The van der Waals surface area contributed by atoms with E-state index in [2.05, 4.69) is 11.6 Å². The Balaban J connectivity index is 2.69. The van der Waals surface area contributed by atoms with Crippen LogP contribution in [0.2, 0.25) is 0 Å². The molecule has 0 fully saturated rings. The molecule has 0 heterocycles. The fourth-order valence-corrected chi connectivity index (χ4v) is 1.45. The molecule has 0 aliphatic rings. The van der Waals surface area contributed by atoms with Gasteiger partial charge in [-0.2, -0.15) is 0 Å². The van der Waals surface area contributed by atoms with E-state index in [1.54, 1.807) is 0 Å². The third-order valence-corrected chi connectivity index (χ3v) is 2.47. The van der Waals surface area contributed by atoms with Gasteiger partial charge in [0.1, 0.15) is 12.4 Å². The highest BCUT2D eigenvalue weighted by Crippen LogP contribution is 2.14. The van der Waals surface area contributed by atoms with Crippen molar-refractivity contribution >= 4 is 5.71 Å². The van der Waals surface area contributed by atoms with E-state index in [4.69, 9.17) is 10.5 Å². The van der Waals surface area contributed by atoms with Gasteiger partial charge in [0.15, 0.2) is 0 Å². The van der Waals surface area contributed by atoms with Crippen LogP contribution in [0.5, 0.6) is 5.75 Å². The second-order valence-electron chi connectivity index (χ2n) is 4.22. The normalized spacial score (nSPS) is 12.4. The van der Waals surface area contributed by atoms with Crippen LogP contribution in [0.1, 0.15) is 19.4 Å². The van der Waals surface area contributed by atoms with Crippen LogP contribution in [0.3, 0.4) is 0 Å². The second-order valence-corrected chi connectivity index (χ2v) is 4.22. The van der Waals surface area contributed by atoms with Gasteiger partial charge in [-0.3, -0.25) is 4.99 Å². The van der Waals surface area contributed by atoms with Crippen LogP contribution >= 0.6 is 0 Å². The van der Waals surface area contributed by atoms with Gasteiger partial charge in [-0.15, -0.1) is 0 Å². The number of hydrogen-bond donors (Lipinski definition) is 1. The van der Waals surface area contributed by atoms with Crippen molar-refractivity contribution in [2.24, 2.45) is 10.7 Å². The Labute approximate surface area is 113 Å². The summed E-state index contributed by atoms with van der Waals surface area (Å²) >= 11 is 0. The molecular weight excluding hydrogens is 243 g/mol. The molecule has 1 rings (SSSR count). The number of ether oxygens (including phenoxy) is 1. The molecule has 0 bridgehead atoms. The van der Waals surface area contributed by atoms with Crippen molar-refractivity contribution < 1.29 is 9.13 Å². The van der Waals surface area contributed by atoms with Gasteiger partial charge in [-0.25, -0.2) is 4.39 Å². The molecule has 19 heavy (non-hydrogen) atoms. The third-order valence-electron chi connectivity index (χ3n) is 2.47. The van der Waals surface area contributed by atoms with Crippen molar-refractivity contribution in [1.82, 2.24) is 0 Å². The molecule has 0 atom stereocenters. The topological polar surface area (TPSA) is 47.6 Å². The first-order valence-corrected chi connectivity index (χ1v) is 5.99. The van der Waals surface area contributed by atoms with Gasteiger partial charge >= 0.3 is 0 Å². The minimum absolute atomic E-state index is 0.152. The van der Waals surface area contributed by atoms with Gasteiger partial charge in [0, 0.05) is 23.5 Å². The monoisotopic (exact) mass is 262 g/mol. The lowest BCUT2D eigenvalue weighted by molar-refractivity contribution is 0.347. The third kappa shape index (κ3) is 5.06. The molecule has 102 valence electrons. The van der Waals surface area contributed by atoms with Crippen LogP contribution in [-0.2, 0) is 0 Å². The van der Waals surface area contributed by atoms with E-state index in [1.807, 2.05) is 38.1 Å². The second kappa shape index (κ2) is 7.48. The first-order valence-electron chi connectivity index (χ1n) is 5.99. The summed E-state index contributed by atoms with van der Waals surface area (Å²) in [4.78, 5) is 4.28. The summed E-state index contributed by atoms with van der Waals surface area (Å²) in [6.45, 7) is 7.82. The number of nitrogens with two attached hydrogens (primary N) is 1. The lowest BCUT2D eigenvalue weighted by Gasteiger charge is -2.08. The number of rotatable bonds is 6. The van der Waals surface area contributed by atoms with Gasteiger partial charge in [0.25, 0.3) is 0 Å². The van der Waals surface area contributed by atoms with Crippen molar-refractivity contribution in [1.29, 1.82) is 0 Å². The molecule has 0 unspecified atom stereocenters. The Morgan fingerprint density at radius 1 is 1.37 bits per heavy atom. The number of allylic oxidation sites excluding steroid dienone is 1. The summed E-state index contributed by atoms with van der Waals surface area (Å²) in [6.07, 6.45) is 0.484. The smallest absolute Gasteiger partial charge is 0.119 e. The molecule has 0 aliphatic carbocycles. The average molecular weight is 262 g/mol. The SMILES string of the molecule is C=C(C)N=C(C)c1ccc(OC/C(=C/F)CN)cc1. The predicted octanol–water partition coefficient (Wildman–Crippen LogP) is 3.22. The molecule has 2 N–H and O–H groups in total. The summed E-state index contributed by atoms with van der Waals surface area (Å²) in [5, 5.41) is 0. The Hall–Kier alpha value is -1.94. The number of nitrogens with zero attached hydrogens (tertiary/aromatic N) is 1. The molecule has 0 spiro atoms. The quantitative estimate of drug-likeness (QED) is 0.800. The first-order chi connectivity index (χ1) is 9.06. The molecular formula is C15H19FN2O. The van der Waals surface area contributed by atoms with Crippen molar-refractivity contribution in [3.63, 3.8) is 0 Å². The van der Waals surface area contributed by atoms with Gasteiger partial charge in [0.05, 0.1) is 6.33 Å². The number of hydrogen-bond acceptors (Lipinski definition) is 3. The molecule has 1 aromatic carbocycles. The zero-order valence-electron chi connectivity index (χ0n) is 11.3. The maximum Gasteiger partial charge on any atom is 0.119 e. The van der Waals surface area contributed by atoms with Crippen LogP contribution in [0.25, 0.3) is 0 Å². The van der Waals surface area contributed by atoms with E-state index in [0.29, 0.717) is 17.7 Å². The predicted molar refractivity (Wildman–Crippen MR) is 77.2 cm³/mol. The summed E-state index contributed by atoms with van der Waals surface area (Å²) in [7, 11) is 0. The van der Waals surface area contributed by atoms with Gasteiger partial charge in [-0.05, 0) is 43.7 Å². The van der Waals surface area contributed by atoms with Crippen molar-refractivity contribution in [2.45, 2.75) is 13.8 Å². The Kier molecular flexibility index (Phi) is 5.96. The van der Waals surface area contributed by atoms with E-state index < -0.39 is 0 Å². The number of halogens is 1.